The van der Waals surface area contributed by atoms with Crippen molar-refractivity contribution in [1.29, 1.82) is 0 Å². The molecule has 0 aliphatic carbocycles. The fourth-order valence-corrected chi connectivity index (χ4v) is 6.50. The minimum atomic E-state index is -3.19. The van der Waals surface area contributed by atoms with Crippen LogP contribution in [0.15, 0.2) is 42.5 Å². The number of carbonyl (C=O) groups is 1. The molecule has 160 valence electrons. The molecule has 0 spiro atoms. The van der Waals surface area contributed by atoms with Gasteiger partial charge in [0, 0.05) is 18.3 Å². The molecule has 0 N–H and O–H groups in total. The number of hydrogen-bond acceptors (Lipinski definition) is 5. The summed E-state index contributed by atoms with van der Waals surface area (Å²) in [7, 11) is -1.56. The SMILES string of the molecule is COc1cccc(CCN2CC(=O)N(c3ccc(C)c(C)c3)[C@@H]3CS(=O)(=O)C[C@@H]32)c1. The number of carbonyl (C=O) groups excluding carboxylic acids is 1. The van der Waals surface area contributed by atoms with Crippen LogP contribution in [0.3, 0.4) is 0 Å². The van der Waals surface area contributed by atoms with Gasteiger partial charge in [-0.25, -0.2) is 8.42 Å². The monoisotopic (exact) mass is 428 g/mol. The van der Waals surface area contributed by atoms with Gasteiger partial charge in [0.2, 0.25) is 5.91 Å². The fourth-order valence-electron chi connectivity index (χ4n) is 4.51. The van der Waals surface area contributed by atoms with Gasteiger partial charge in [0.15, 0.2) is 9.84 Å². The molecule has 0 radical (unpaired) electrons. The van der Waals surface area contributed by atoms with Gasteiger partial charge in [0.25, 0.3) is 0 Å². The number of benzene rings is 2. The van der Waals surface area contributed by atoms with E-state index in [4.69, 9.17) is 4.74 Å². The van der Waals surface area contributed by atoms with E-state index in [9.17, 15) is 13.2 Å². The number of anilines is 1. The third-order valence-electron chi connectivity index (χ3n) is 6.29. The van der Waals surface area contributed by atoms with Gasteiger partial charge >= 0.3 is 0 Å². The summed E-state index contributed by atoms with van der Waals surface area (Å²) in [5.41, 5.74) is 4.15. The quantitative estimate of drug-likeness (QED) is 0.732. The van der Waals surface area contributed by atoms with Crippen LogP contribution in [-0.2, 0) is 21.1 Å². The number of hydrogen-bond donors (Lipinski definition) is 0. The minimum Gasteiger partial charge on any atom is -0.497 e. The highest BCUT2D eigenvalue weighted by Crippen LogP contribution is 2.32. The minimum absolute atomic E-state index is 0.0198. The maximum atomic E-state index is 13.1. The first-order valence-electron chi connectivity index (χ1n) is 10.2. The summed E-state index contributed by atoms with van der Waals surface area (Å²) in [4.78, 5) is 16.9. The number of nitrogens with zero attached hydrogens (tertiary/aromatic N) is 2. The van der Waals surface area contributed by atoms with E-state index in [1.165, 1.54) is 0 Å². The van der Waals surface area contributed by atoms with Gasteiger partial charge in [0.1, 0.15) is 5.75 Å². The number of methoxy groups -OCH3 is 1. The summed E-state index contributed by atoms with van der Waals surface area (Å²) in [5, 5.41) is 0. The zero-order valence-electron chi connectivity index (χ0n) is 17.7. The molecule has 2 aliphatic heterocycles. The smallest absolute Gasteiger partial charge is 0.241 e. The van der Waals surface area contributed by atoms with E-state index in [0.717, 1.165) is 34.5 Å². The Morgan fingerprint density at radius 1 is 1.03 bits per heavy atom. The van der Waals surface area contributed by atoms with E-state index in [-0.39, 0.29) is 36.0 Å². The zero-order chi connectivity index (χ0) is 21.5. The molecule has 1 amide bonds. The number of sulfone groups is 1. The summed E-state index contributed by atoms with van der Waals surface area (Å²) < 4.78 is 30.3. The van der Waals surface area contributed by atoms with Crippen LogP contribution in [-0.4, -0.2) is 63.0 Å². The molecule has 4 rings (SSSR count). The van der Waals surface area contributed by atoms with Crippen LogP contribution in [0.1, 0.15) is 16.7 Å². The molecule has 6 nitrogen and oxygen atoms in total. The van der Waals surface area contributed by atoms with Gasteiger partial charge in [-0.2, -0.15) is 0 Å². The lowest BCUT2D eigenvalue weighted by molar-refractivity contribution is -0.123. The van der Waals surface area contributed by atoms with E-state index in [0.29, 0.717) is 6.54 Å². The summed E-state index contributed by atoms with van der Waals surface area (Å²) in [6, 6.07) is 13.2. The first kappa shape index (κ1) is 20.9. The van der Waals surface area contributed by atoms with E-state index in [1.54, 1.807) is 12.0 Å². The maximum absolute atomic E-state index is 13.1. The van der Waals surface area contributed by atoms with Crippen molar-refractivity contribution < 1.29 is 17.9 Å². The predicted molar refractivity (Wildman–Crippen MR) is 118 cm³/mol. The molecule has 2 atom stereocenters. The second kappa shape index (κ2) is 8.04. The van der Waals surface area contributed by atoms with E-state index in [1.807, 2.05) is 56.3 Å². The van der Waals surface area contributed by atoms with Crippen LogP contribution >= 0.6 is 0 Å². The topological polar surface area (TPSA) is 66.9 Å². The van der Waals surface area contributed by atoms with Crippen LogP contribution in [0.4, 0.5) is 5.69 Å². The number of aryl methyl sites for hydroxylation is 2. The molecule has 7 heteroatoms. The van der Waals surface area contributed by atoms with Gasteiger partial charge in [0.05, 0.1) is 31.2 Å². The van der Waals surface area contributed by atoms with Crippen LogP contribution < -0.4 is 9.64 Å². The van der Waals surface area contributed by atoms with Crippen molar-refractivity contribution in [1.82, 2.24) is 4.90 Å². The molecule has 2 aromatic carbocycles. The van der Waals surface area contributed by atoms with Crippen molar-refractivity contribution in [2.24, 2.45) is 0 Å². The fraction of sp³-hybridized carbons (Fsp3) is 0.435. The van der Waals surface area contributed by atoms with Crippen LogP contribution in [0.5, 0.6) is 5.75 Å². The van der Waals surface area contributed by atoms with Gasteiger partial charge < -0.3 is 9.64 Å². The average Bonchev–Trinajstić information content (AvgIpc) is 3.03. The molecule has 2 aliphatic rings. The Morgan fingerprint density at radius 2 is 1.80 bits per heavy atom. The molecule has 2 fully saturated rings. The summed E-state index contributed by atoms with van der Waals surface area (Å²) >= 11 is 0. The van der Waals surface area contributed by atoms with Gasteiger partial charge in [-0.1, -0.05) is 18.2 Å². The molecular weight excluding hydrogens is 400 g/mol. The number of rotatable bonds is 5. The Balaban J connectivity index is 1.58. The van der Waals surface area contributed by atoms with Crippen LogP contribution in [0, 0.1) is 13.8 Å². The Hall–Kier alpha value is -2.38. The van der Waals surface area contributed by atoms with Gasteiger partial charge in [-0.15, -0.1) is 0 Å². The first-order chi connectivity index (χ1) is 14.3. The summed E-state index contributed by atoms with van der Waals surface area (Å²) in [5.74, 6) is 0.878. The van der Waals surface area contributed by atoms with Crippen molar-refractivity contribution in [3.8, 4) is 5.75 Å². The molecule has 2 aromatic rings. The molecule has 30 heavy (non-hydrogen) atoms. The zero-order valence-corrected chi connectivity index (χ0v) is 18.5. The van der Waals surface area contributed by atoms with E-state index in [2.05, 4.69) is 4.90 Å². The maximum Gasteiger partial charge on any atom is 0.241 e. The Kier molecular flexibility index (Phi) is 5.59. The van der Waals surface area contributed by atoms with Crippen molar-refractivity contribution in [3.05, 3.63) is 59.2 Å². The molecule has 0 aromatic heterocycles. The lowest BCUT2D eigenvalue weighted by Gasteiger charge is -2.43. The number of fused-ring (bicyclic) bond motifs is 1. The van der Waals surface area contributed by atoms with Crippen molar-refractivity contribution in [3.63, 3.8) is 0 Å². The van der Waals surface area contributed by atoms with Crippen LogP contribution in [0.2, 0.25) is 0 Å². The Labute approximate surface area is 178 Å². The Bertz CT molecular complexity index is 1070. The molecular formula is C23H28N2O4S. The van der Waals surface area contributed by atoms with E-state index >= 15 is 0 Å². The van der Waals surface area contributed by atoms with Crippen molar-refractivity contribution in [2.45, 2.75) is 32.4 Å². The number of piperazine rings is 1. The Morgan fingerprint density at radius 3 is 2.53 bits per heavy atom. The predicted octanol–water partition coefficient (Wildman–Crippen LogP) is 2.37. The third-order valence-corrected chi connectivity index (χ3v) is 7.99. The standard InChI is InChI=1S/C23H28N2O4S/c1-16-7-8-19(11-17(16)2)25-22-15-30(27,28)14-21(22)24(13-23(25)26)10-9-18-5-4-6-20(12-18)29-3/h4-8,11-12,21-22H,9-10,13-15H2,1-3H3/t21-,22+/m0/s1. The largest absolute Gasteiger partial charge is 0.497 e. The van der Waals surface area contributed by atoms with Gasteiger partial charge in [-0.05, 0) is 61.2 Å². The highest BCUT2D eigenvalue weighted by atomic mass is 32.2. The van der Waals surface area contributed by atoms with Crippen molar-refractivity contribution >= 4 is 21.4 Å². The second-order valence-corrected chi connectivity index (χ2v) is 10.5. The van der Waals surface area contributed by atoms with Crippen molar-refractivity contribution in [2.75, 3.05) is 36.6 Å². The highest BCUT2D eigenvalue weighted by molar-refractivity contribution is 7.91. The van der Waals surface area contributed by atoms with Crippen LogP contribution in [0.25, 0.3) is 0 Å². The average molecular weight is 429 g/mol. The molecule has 2 heterocycles. The molecule has 0 bridgehead atoms. The second-order valence-electron chi connectivity index (χ2n) is 8.32. The number of amides is 1. The lowest BCUT2D eigenvalue weighted by Crippen LogP contribution is -2.62. The highest BCUT2D eigenvalue weighted by Gasteiger charge is 2.49. The molecule has 2 saturated heterocycles. The summed E-state index contributed by atoms with van der Waals surface area (Å²) in [6.45, 7) is 4.90. The molecule has 0 unspecified atom stereocenters. The van der Waals surface area contributed by atoms with Gasteiger partial charge in [-0.3, -0.25) is 9.69 Å². The lowest BCUT2D eigenvalue weighted by atomic mass is 10.0. The summed E-state index contributed by atoms with van der Waals surface area (Å²) in [6.07, 6.45) is 0.734. The third kappa shape index (κ3) is 4.09. The molecule has 0 saturated carbocycles. The van der Waals surface area contributed by atoms with E-state index < -0.39 is 9.84 Å². The normalized spacial score (nSPS) is 23.4. The first-order valence-corrected chi connectivity index (χ1v) is 12.1. The number of ether oxygens (including phenoxy) is 1.